The standard InChI is InChI=1S/C19H21N3O3S/c1-13-3-11-18(12-4-13)26(24,25)22-17-9-7-15(8-10-17)14(2)20-21-19(23)16-5-6-16/h3-4,7-12,16,22H,5-6H2,1-2H3,(H,21,23)/b20-14+. The lowest BCUT2D eigenvalue weighted by Gasteiger charge is -2.09. The third kappa shape index (κ3) is 4.49. The van der Waals surface area contributed by atoms with Crippen molar-refractivity contribution >= 4 is 27.3 Å². The van der Waals surface area contributed by atoms with Crippen LogP contribution in [0.2, 0.25) is 0 Å². The van der Waals surface area contributed by atoms with Gasteiger partial charge < -0.3 is 0 Å². The van der Waals surface area contributed by atoms with Gasteiger partial charge in [0.1, 0.15) is 0 Å². The van der Waals surface area contributed by atoms with Crippen molar-refractivity contribution in [3.05, 3.63) is 59.7 Å². The number of carbonyl (C=O) groups is 1. The van der Waals surface area contributed by atoms with Gasteiger partial charge in [-0.1, -0.05) is 29.8 Å². The second-order valence-electron chi connectivity index (χ2n) is 6.44. The van der Waals surface area contributed by atoms with Gasteiger partial charge in [-0.05, 0) is 56.5 Å². The zero-order valence-corrected chi connectivity index (χ0v) is 15.5. The van der Waals surface area contributed by atoms with E-state index < -0.39 is 10.0 Å². The number of aryl methyl sites for hydroxylation is 1. The normalized spacial score (nSPS) is 14.8. The summed E-state index contributed by atoms with van der Waals surface area (Å²) < 4.78 is 27.3. The Morgan fingerprint density at radius 2 is 1.65 bits per heavy atom. The summed E-state index contributed by atoms with van der Waals surface area (Å²) in [6, 6.07) is 13.5. The molecule has 26 heavy (non-hydrogen) atoms. The highest BCUT2D eigenvalue weighted by molar-refractivity contribution is 7.92. The Hall–Kier alpha value is -2.67. The van der Waals surface area contributed by atoms with Crippen molar-refractivity contribution in [2.24, 2.45) is 11.0 Å². The van der Waals surface area contributed by atoms with Crippen molar-refractivity contribution in [3.8, 4) is 0 Å². The molecule has 0 saturated heterocycles. The van der Waals surface area contributed by atoms with Gasteiger partial charge in [-0.3, -0.25) is 9.52 Å². The van der Waals surface area contributed by atoms with Crippen LogP contribution in [0, 0.1) is 12.8 Å². The van der Waals surface area contributed by atoms with E-state index in [-0.39, 0.29) is 16.7 Å². The van der Waals surface area contributed by atoms with Gasteiger partial charge >= 0.3 is 0 Å². The predicted molar refractivity (Wildman–Crippen MR) is 102 cm³/mol. The molecule has 0 atom stereocenters. The fourth-order valence-corrected chi connectivity index (χ4v) is 3.41. The molecule has 136 valence electrons. The molecule has 0 unspecified atom stereocenters. The van der Waals surface area contributed by atoms with E-state index in [2.05, 4.69) is 15.2 Å². The zero-order chi connectivity index (χ0) is 18.7. The fourth-order valence-electron chi connectivity index (χ4n) is 2.35. The van der Waals surface area contributed by atoms with E-state index in [1.54, 1.807) is 55.5 Å². The lowest BCUT2D eigenvalue weighted by Crippen LogP contribution is -2.20. The fraction of sp³-hybridized carbons (Fsp3) is 0.263. The first-order valence-corrected chi connectivity index (χ1v) is 9.87. The van der Waals surface area contributed by atoms with Crippen LogP contribution >= 0.6 is 0 Å². The van der Waals surface area contributed by atoms with Gasteiger partial charge in [0.15, 0.2) is 0 Å². The van der Waals surface area contributed by atoms with E-state index in [1.165, 1.54) is 0 Å². The summed E-state index contributed by atoms with van der Waals surface area (Å²) >= 11 is 0. The van der Waals surface area contributed by atoms with Crippen LogP contribution in [0.1, 0.15) is 30.9 Å². The number of hydrazone groups is 1. The average Bonchev–Trinajstić information content (AvgIpc) is 3.45. The van der Waals surface area contributed by atoms with E-state index in [4.69, 9.17) is 0 Å². The zero-order valence-electron chi connectivity index (χ0n) is 14.7. The van der Waals surface area contributed by atoms with Crippen LogP contribution in [-0.2, 0) is 14.8 Å². The van der Waals surface area contributed by atoms with Crippen LogP contribution in [-0.4, -0.2) is 20.0 Å². The number of amides is 1. The summed E-state index contributed by atoms with van der Waals surface area (Å²) in [7, 11) is -3.62. The van der Waals surface area contributed by atoms with Gasteiger partial charge in [0.2, 0.25) is 5.91 Å². The van der Waals surface area contributed by atoms with Crippen molar-refractivity contribution in [2.45, 2.75) is 31.6 Å². The molecule has 1 saturated carbocycles. The molecule has 2 N–H and O–H groups in total. The third-order valence-corrected chi connectivity index (χ3v) is 5.57. The molecule has 3 rings (SSSR count). The molecule has 1 fully saturated rings. The maximum absolute atomic E-state index is 12.4. The molecule has 2 aromatic rings. The third-order valence-electron chi connectivity index (χ3n) is 4.17. The molecule has 0 radical (unpaired) electrons. The van der Waals surface area contributed by atoms with Gasteiger partial charge in [-0.25, -0.2) is 13.8 Å². The summed E-state index contributed by atoms with van der Waals surface area (Å²) in [5, 5.41) is 4.09. The van der Waals surface area contributed by atoms with Gasteiger partial charge in [0.05, 0.1) is 10.6 Å². The average molecular weight is 371 g/mol. The Bertz CT molecular complexity index is 929. The number of hydrogen-bond donors (Lipinski definition) is 2. The Balaban J connectivity index is 1.67. The van der Waals surface area contributed by atoms with Crippen molar-refractivity contribution in [2.75, 3.05) is 4.72 Å². The number of hydrogen-bond acceptors (Lipinski definition) is 4. The summed E-state index contributed by atoms with van der Waals surface area (Å²) in [4.78, 5) is 11.8. The number of carbonyl (C=O) groups excluding carboxylic acids is 1. The summed E-state index contributed by atoms with van der Waals surface area (Å²) in [5.74, 6) is 0.0527. The van der Waals surface area contributed by atoms with Crippen LogP contribution < -0.4 is 10.1 Å². The maximum atomic E-state index is 12.4. The highest BCUT2D eigenvalue weighted by atomic mass is 32.2. The molecule has 0 aromatic heterocycles. The lowest BCUT2D eigenvalue weighted by atomic mass is 10.1. The van der Waals surface area contributed by atoms with Crippen LogP contribution in [0.3, 0.4) is 0 Å². The first-order chi connectivity index (χ1) is 12.3. The van der Waals surface area contributed by atoms with E-state index in [0.29, 0.717) is 11.4 Å². The Kier molecular flexibility index (Phi) is 5.08. The molecular formula is C19H21N3O3S. The minimum atomic E-state index is -3.62. The van der Waals surface area contributed by atoms with Gasteiger partial charge in [-0.15, -0.1) is 0 Å². The number of anilines is 1. The van der Waals surface area contributed by atoms with E-state index >= 15 is 0 Å². The first kappa shape index (κ1) is 18.1. The van der Waals surface area contributed by atoms with E-state index in [9.17, 15) is 13.2 Å². The Morgan fingerprint density at radius 3 is 2.23 bits per heavy atom. The number of nitrogens with one attached hydrogen (secondary N) is 2. The second-order valence-corrected chi connectivity index (χ2v) is 8.13. The second kappa shape index (κ2) is 7.29. The van der Waals surface area contributed by atoms with Crippen molar-refractivity contribution < 1.29 is 13.2 Å². The minimum absolute atomic E-state index is 0.0492. The van der Waals surface area contributed by atoms with Crippen LogP contribution in [0.4, 0.5) is 5.69 Å². The molecule has 0 spiro atoms. The van der Waals surface area contributed by atoms with Crippen LogP contribution in [0.25, 0.3) is 0 Å². The van der Waals surface area contributed by atoms with E-state index in [1.807, 2.05) is 6.92 Å². The van der Waals surface area contributed by atoms with Crippen molar-refractivity contribution in [3.63, 3.8) is 0 Å². The van der Waals surface area contributed by atoms with Gasteiger partial charge in [0, 0.05) is 11.6 Å². The molecule has 0 aliphatic heterocycles. The summed E-state index contributed by atoms with van der Waals surface area (Å²) in [6.45, 7) is 3.69. The highest BCUT2D eigenvalue weighted by Crippen LogP contribution is 2.28. The highest BCUT2D eigenvalue weighted by Gasteiger charge is 2.29. The minimum Gasteiger partial charge on any atom is -0.280 e. The molecule has 0 heterocycles. The molecule has 0 bridgehead atoms. The molecular weight excluding hydrogens is 350 g/mol. The summed E-state index contributed by atoms with van der Waals surface area (Å²) in [6.07, 6.45) is 1.85. The first-order valence-electron chi connectivity index (χ1n) is 8.39. The summed E-state index contributed by atoms with van der Waals surface area (Å²) in [5.41, 5.74) is 5.48. The number of rotatable bonds is 6. The van der Waals surface area contributed by atoms with Crippen LogP contribution in [0.5, 0.6) is 0 Å². The number of benzene rings is 2. The lowest BCUT2D eigenvalue weighted by molar-refractivity contribution is -0.122. The molecule has 1 aliphatic carbocycles. The SMILES string of the molecule is C/C(=N\NC(=O)C1CC1)c1ccc(NS(=O)(=O)c2ccc(C)cc2)cc1. The topological polar surface area (TPSA) is 87.6 Å². The molecule has 6 nitrogen and oxygen atoms in total. The monoisotopic (exact) mass is 371 g/mol. The van der Waals surface area contributed by atoms with Crippen molar-refractivity contribution in [1.82, 2.24) is 5.43 Å². The quantitative estimate of drug-likeness (QED) is 0.604. The molecule has 2 aromatic carbocycles. The molecule has 7 heteroatoms. The Labute approximate surface area is 153 Å². The van der Waals surface area contributed by atoms with Crippen LogP contribution in [0.15, 0.2) is 58.5 Å². The van der Waals surface area contributed by atoms with Crippen molar-refractivity contribution in [1.29, 1.82) is 0 Å². The smallest absolute Gasteiger partial charge is 0.261 e. The molecule has 1 amide bonds. The largest absolute Gasteiger partial charge is 0.280 e. The molecule has 1 aliphatic rings. The van der Waals surface area contributed by atoms with Gasteiger partial charge in [0.25, 0.3) is 10.0 Å². The van der Waals surface area contributed by atoms with E-state index in [0.717, 1.165) is 24.0 Å². The number of nitrogens with zero attached hydrogens (tertiary/aromatic N) is 1. The number of sulfonamides is 1. The predicted octanol–water partition coefficient (Wildman–Crippen LogP) is 3.05. The van der Waals surface area contributed by atoms with Gasteiger partial charge in [-0.2, -0.15) is 5.10 Å². The maximum Gasteiger partial charge on any atom is 0.261 e. The Morgan fingerprint density at radius 1 is 1.04 bits per heavy atom.